The van der Waals surface area contributed by atoms with Gasteiger partial charge in [0.15, 0.2) is 0 Å². The molecular formula is C24H28FN3O3. The van der Waals surface area contributed by atoms with E-state index in [1.54, 1.807) is 18.2 Å². The summed E-state index contributed by atoms with van der Waals surface area (Å²) in [6.07, 6.45) is 5.36. The minimum atomic E-state index is -0.584. The largest absolute Gasteiger partial charge is 0.376 e. The van der Waals surface area contributed by atoms with Crippen LogP contribution in [-0.2, 0) is 4.74 Å². The maximum atomic E-state index is 14.0. The Morgan fingerprint density at radius 1 is 1.00 bits per heavy atom. The molecule has 2 aliphatic heterocycles. The van der Waals surface area contributed by atoms with Gasteiger partial charge in [-0.2, -0.15) is 0 Å². The molecule has 164 valence electrons. The third-order valence-corrected chi connectivity index (χ3v) is 5.83. The first-order valence-electron chi connectivity index (χ1n) is 11.0. The van der Waals surface area contributed by atoms with E-state index in [0.29, 0.717) is 17.8 Å². The van der Waals surface area contributed by atoms with E-state index in [4.69, 9.17) is 4.74 Å². The first-order chi connectivity index (χ1) is 15.1. The minimum absolute atomic E-state index is 0.0352. The number of anilines is 2. The molecule has 2 heterocycles. The minimum Gasteiger partial charge on any atom is -0.376 e. The Morgan fingerprint density at radius 3 is 2.55 bits per heavy atom. The second-order valence-corrected chi connectivity index (χ2v) is 8.06. The molecule has 2 aromatic rings. The lowest BCUT2D eigenvalue weighted by Gasteiger charge is -2.30. The summed E-state index contributed by atoms with van der Waals surface area (Å²) in [4.78, 5) is 27.8. The lowest BCUT2D eigenvalue weighted by molar-refractivity contribution is 0.0858. The van der Waals surface area contributed by atoms with Crippen molar-refractivity contribution in [3.63, 3.8) is 0 Å². The third-order valence-electron chi connectivity index (χ3n) is 5.83. The fourth-order valence-corrected chi connectivity index (χ4v) is 4.16. The number of piperidine rings is 1. The van der Waals surface area contributed by atoms with Gasteiger partial charge in [-0.25, -0.2) is 4.39 Å². The van der Waals surface area contributed by atoms with Crippen LogP contribution in [0.2, 0.25) is 0 Å². The molecular weight excluding hydrogens is 397 g/mol. The van der Waals surface area contributed by atoms with Gasteiger partial charge in [0.25, 0.3) is 11.8 Å². The summed E-state index contributed by atoms with van der Waals surface area (Å²) < 4.78 is 19.6. The van der Waals surface area contributed by atoms with Crippen molar-refractivity contribution in [2.75, 3.05) is 36.5 Å². The zero-order valence-electron chi connectivity index (χ0n) is 17.5. The predicted molar refractivity (Wildman–Crippen MR) is 118 cm³/mol. The van der Waals surface area contributed by atoms with Crippen LogP contribution in [0.4, 0.5) is 15.8 Å². The van der Waals surface area contributed by atoms with Gasteiger partial charge in [0.1, 0.15) is 5.82 Å². The molecule has 2 aromatic carbocycles. The highest BCUT2D eigenvalue weighted by atomic mass is 19.1. The van der Waals surface area contributed by atoms with Crippen LogP contribution in [0, 0.1) is 5.82 Å². The Kier molecular flexibility index (Phi) is 6.82. The Balaban J connectivity index is 1.55. The molecule has 4 rings (SSSR count). The molecule has 2 N–H and O–H groups in total. The quantitative estimate of drug-likeness (QED) is 0.735. The van der Waals surface area contributed by atoms with E-state index in [1.165, 1.54) is 24.6 Å². The van der Waals surface area contributed by atoms with Gasteiger partial charge >= 0.3 is 0 Å². The topological polar surface area (TPSA) is 70.7 Å². The van der Waals surface area contributed by atoms with Gasteiger partial charge in [-0.3, -0.25) is 9.59 Å². The van der Waals surface area contributed by atoms with Crippen LogP contribution in [0.25, 0.3) is 0 Å². The molecule has 2 fully saturated rings. The van der Waals surface area contributed by atoms with Gasteiger partial charge in [-0.05, 0) is 62.4 Å². The maximum absolute atomic E-state index is 14.0. The molecule has 0 unspecified atom stereocenters. The molecule has 0 aliphatic carbocycles. The standard InChI is InChI=1S/C24H28FN3O3/c25-21-9-3-2-8-19(21)24(30)27-17-10-11-22(28-12-4-1-5-13-28)20(15-17)23(29)26-16-18-7-6-14-31-18/h2-3,8-11,15,18H,1,4-7,12-14,16H2,(H,26,29)(H,27,30)/t18-/m1/s1. The summed E-state index contributed by atoms with van der Waals surface area (Å²) in [7, 11) is 0. The molecule has 2 saturated heterocycles. The van der Waals surface area contributed by atoms with Crippen LogP contribution >= 0.6 is 0 Å². The summed E-state index contributed by atoms with van der Waals surface area (Å²) in [5.74, 6) is -1.33. The second kappa shape index (κ2) is 9.92. The van der Waals surface area contributed by atoms with Gasteiger partial charge in [-0.1, -0.05) is 12.1 Å². The third kappa shape index (κ3) is 5.22. The number of carbonyl (C=O) groups excluding carboxylic acids is 2. The van der Waals surface area contributed by atoms with Crippen LogP contribution in [0.5, 0.6) is 0 Å². The first kappa shape index (κ1) is 21.3. The van der Waals surface area contributed by atoms with Crippen LogP contribution in [-0.4, -0.2) is 44.2 Å². The summed E-state index contributed by atoms with van der Waals surface area (Å²) in [6.45, 7) is 2.99. The number of nitrogens with one attached hydrogen (secondary N) is 2. The number of benzene rings is 2. The van der Waals surface area contributed by atoms with Crippen molar-refractivity contribution in [2.24, 2.45) is 0 Å². The summed E-state index contributed by atoms with van der Waals surface area (Å²) in [6, 6.07) is 11.1. The van der Waals surface area contributed by atoms with Crippen molar-refractivity contribution >= 4 is 23.2 Å². The Hall–Kier alpha value is -2.93. The molecule has 2 aliphatic rings. The molecule has 1 atom stereocenters. The second-order valence-electron chi connectivity index (χ2n) is 8.06. The molecule has 0 bridgehead atoms. The molecule has 0 aromatic heterocycles. The molecule has 7 heteroatoms. The zero-order valence-corrected chi connectivity index (χ0v) is 17.5. The number of hydrogen-bond donors (Lipinski definition) is 2. The van der Waals surface area contributed by atoms with Crippen LogP contribution in [0.15, 0.2) is 42.5 Å². The number of ether oxygens (including phenoxy) is 1. The normalized spacial score (nSPS) is 18.6. The lowest BCUT2D eigenvalue weighted by atomic mass is 10.1. The van der Waals surface area contributed by atoms with E-state index in [9.17, 15) is 14.0 Å². The smallest absolute Gasteiger partial charge is 0.258 e. The van der Waals surface area contributed by atoms with E-state index in [1.807, 2.05) is 6.07 Å². The van der Waals surface area contributed by atoms with E-state index < -0.39 is 11.7 Å². The van der Waals surface area contributed by atoms with Gasteiger partial charge in [0, 0.05) is 37.6 Å². The van der Waals surface area contributed by atoms with Crippen molar-refractivity contribution in [3.05, 3.63) is 59.4 Å². The Labute approximate surface area is 181 Å². The van der Waals surface area contributed by atoms with E-state index in [2.05, 4.69) is 15.5 Å². The van der Waals surface area contributed by atoms with Crippen molar-refractivity contribution in [1.29, 1.82) is 0 Å². The van der Waals surface area contributed by atoms with Crippen molar-refractivity contribution in [3.8, 4) is 0 Å². The van der Waals surface area contributed by atoms with Gasteiger partial charge in [0.2, 0.25) is 0 Å². The predicted octanol–water partition coefficient (Wildman–Crippen LogP) is 3.98. The monoisotopic (exact) mass is 425 g/mol. The van der Waals surface area contributed by atoms with E-state index in [0.717, 1.165) is 51.1 Å². The highest BCUT2D eigenvalue weighted by molar-refractivity contribution is 6.06. The fraction of sp³-hybridized carbons (Fsp3) is 0.417. The SMILES string of the molecule is O=C(Nc1ccc(N2CCCCC2)c(C(=O)NC[C@H]2CCCO2)c1)c1ccccc1F. The summed E-state index contributed by atoms with van der Waals surface area (Å²) >= 11 is 0. The van der Waals surface area contributed by atoms with Crippen molar-refractivity contribution in [2.45, 2.75) is 38.2 Å². The average Bonchev–Trinajstić information content (AvgIpc) is 3.32. The number of carbonyl (C=O) groups is 2. The number of amides is 2. The van der Waals surface area contributed by atoms with E-state index >= 15 is 0 Å². The molecule has 6 nitrogen and oxygen atoms in total. The number of rotatable bonds is 6. The highest BCUT2D eigenvalue weighted by Gasteiger charge is 2.22. The molecule has 2 amide bonds. The molecule has 31 heavy (non-hydrogen) atoms. The Bertz CT molecular complexity index is 937. The molecule has 0 spiro atoms. The number of halogens is 1. The maximum Gasteiger partial charge on any atom is 0.258 e. The van der Waals surface area contributed by atoms with Crippen molar-refractivity contribution in [1.82, 2.24) is 5.32 Å². The van der Waals surface area contributed by atoms with Crippen LogP contribution < -0.4 is 15.5 Å². The Morgan fingerprint density at radius 2 is 1.81 bits per heavy atom. The first-order valence-corrected chi connectivity index (χ1v) is 11.0. The van der Waals surface area contributed by atoms with Gasteiger partial charge in [0.05, 0.1) is 17.2 Å². The van der Waals surface area contributed by atoms with Gasteiger partial charge in [-0.15, -0.1) is 0 Å². The van der Waals surface area contributed by atoms with Crippen molar-refractivity contribution < 1.29 is 18.7 Å². The van der Waals surface area contributed by atoms with Crippen LogP contribution in [0.1, 0.15) is 52.8 Å². The molecule has 0 radical (unpaired) electrons. The van der Waals surface area contributed by atoms with E-state index in [-0.39, 0.29) is 17.6 Å². The highest BCUT2D eigenvalue weighted by Crippen LogP contribution is 2.28. The summed E-state index contributed by atoms with van der Waals surface area (Å²) in [5, 5.41) is 5.70. The lowest BCUT2D eigenvalue weighted by Crippen LogP contribution is -2.35. The average molecular weight is 426 g/mol. The fourth-order valence-electron chi connectivity index (χ4n) is 4.16. The zero-order chi connectivity index (χ0) is 21.6. The number of nitrogens with zero attached hydrogens (tertiary/aromatic N) is 1. The summed E-state index contributed by atoms with van der Waals surface area (Å²) in [5.41, 5.74) is 1.78. The van der Waals surface area contributed by atoms with Gasteiger partial charge < -0.3 is 20.3 Å². The number of hydrogen-bond acceptors (Lipinski definition) is 4. The van der Waals surface area contributed by atoms with Crippen LogP contribution in [0.3, 0.4) is 0 Å². The molecule has 0 saturated carbocycles.